The highest BCUT2D eigenvalue weighted by Gasteiger charge is 2.51. The molecule has 1 saturated carbocycles. The van der Waals surface area contributed by atoms with E-state index in [9.17, 15) is 5.11 Å². The molecule has 3 aliphatic heterocycles. The van der Waals surface area contributed by atoms with Crippen LogP contribution in [0.5, 0.6) is 5.75 Å². The van der Waals surface area contributed by atoms with Crippen molar-refractivity contribution in [2.75, 3.05) is 6.54 Å². The normalized spacial score (nSPS) is 37.4. The molecule has 1 aliphatic carbocycles. The molecule has 1 N–H and O–H groups in total. The van der Waals surface area contributed by atoms with Gasteiger partial charge in [0.2, 0.25) is 0 Å². The first kappa shape index (κ1) is 14.8. The predicted molar refractivity (Wildman–Crippen MR) is 95.4 cm³/mol. The molecule has 2 aromatic rings. The Kier molecular flexibility index (Phi) is 3.25. The quantitative estimate of drug-likeness (QED) is 0.871. The van der Waals surface area contributed by atoms with Crippen LogP contribution in [-0.2, 0) is 6.42 Å². The number of phenols is 1. The van der Waals surface area contributed by atoms with Gasteiger partial charge in [-0.15, -0.1) is 0 Å². The van der Waals surface area contributed by atoms with Gasteiger partial charge >= 0.3 is 0 Å². The molecule has 24 heavy (non-hydrogen) atoms. The molecule has 0 radical (unpaired) electrons. The van der Waals surface area contributed by atoms with Gasteiger partial charge in [-0.05, 0) is 55.7 Å². The van der Waals surface area contributed by atoms with Gasteiger partial charge in [-0.1, -0.05) is 20.3 Å². The number of nitrogens with zero attached hydrogens (tertiary/aromatic N) is 1. The highest BCUT2D eigenvalue weighted by atomic mass is 16.3. The van der Waals surface area contributed by atoms with Crippen molar-refractivity contribution in [3.8, 4) is 5.75 Å². The maximum Gasteiger partial charge on any atom is 0.134 e. The van der Waals surface area contributed by atoms with E-state index >= 15 is 0 Å². The summed E-state index contributed by atoms with van der Waals surface area (Å²) < 4.78 is 6.40. The molecule has 0 spiro atoms. The SMILES string of the molecule is CCC[C@@H]1Cc2c(oc3ccc(O)cc23)[C@@H]2C[C@@H]3C[C@H](C)C2N1C3. The number of aromatic hydroxyl groups is 1. The van der Waals surface area contributed by atoms with Crippen LogP contribution in [-0.4, -0.2) is 28.6 Å². The summed E-state index contributed by atoms with van der Waals surface area (Å²) in [6.45, 7) is 6.02. The van der Waals surface area contributed by atoms with Crippen molar-refractivity contribution in [3.63, 3.8) is 0 Å². The number of phenolic OH excluding ortho intramolecular Hbond substituents is 1. The van der Waals surface area contributed by atoms with Crippen LogP contribution in [0.25, 0.3) is 11.0 Å². The van der Waals surface area contributed by atoms with E-state index in [0.717, 1.165) is 29.2 Å². The molecular weight excluding hydrogens is 298 g/mol. The Morgan fingerprint density at radius 1 is 1.29 bits per heavy atom. The number of rotatable bonds is 2. The Bertz CT molecular complexity index is 779. The first-order valence-electron chi connectivity index (χ1n) is 9.65. The van der Waals surface area contributed by atoms with Gasteiger partial charge in [0, 0.05) is 35.5 Å². The molecule has 3 nitrogen and oxygen atoms in total. The van der Waals surface area contributed by atoms with Gasteiger partial charge in [0.15, 0.2) is 0 Å². The minimum atomic E-state index is 0.348. The van der Waals surface area contributed by atoms with E-state index in [4.69, 9.17) is 4.42 Å². The van der Waals surface area contributed by atoms with Gasteiger partial charge in [-0.2, -0.15) is 0 Å². The Labute approximate surface area is 143 Å². The van der Waals surface area contributed by atoms with Gasteiger partial charge in [-0.3, -0.25) is 4.90 Å². The van der Waals surface area contributed by atoms with Crippen molar-refractivity contribution in [2.24, 2.45) is 11.8 Å². The lowest BCUT2D eigenvalue weighted by Crippen LogP contribution is -2.58. The topological polar surface area (TPSA) is 36.6 Å². The fourth-order valence-corrected chi connectivity index (χ4v) is 6.06. The molecular formula is C21H27NO2. The summed E-state index contributed by atoms with van der Waals surface area (Å²) in [5.41, 5.74) is 2.34. The lowest BCUT2D eigenvalue weighted by Gasteiger charge is -2.54. The number of hydrogen-bond donors (Lipinski definition) is 1. The third kappa shape index (κ3) is 2.00. The Morgan fingerprint density at radius 2 is 2.17 bits per heavy atom. The minimum absolute atomic E-state index is 0.348. The van der Waals surface area contributed by atoms with Crippen molar-refractivity contribution in [1.29, 1.82) is 0 Å². The Balaban J connectivity index is 1.70. The van der Waals surface area contributed by atoms with E-state index in [1.165, 1.54) is 43.6 Å². The molecule has 4 bridgehead atoms. The second kappa shape index (κ2) is 5.26. The van der Waals surface area contributed by atoms with Crippen molar-refractivity contribution >= 4 is 11.0 Å². The standard InChI is InChI=1S/C21H27NO2/c1-3-4-14-9-17-16-10-15(23)5-6-19(16)24-21(17)18-8-13-7-12(2)20(18)22(14)11-13/h5-6,10,12-14,18,20,23H,3-4,7-9,11H2,1-2H3/t12-,13-,14+,18+,20?/m0/s1. The molecule has 3 fully saturated rings. The van der Waals surface area contributed by atoms with Crippen LogP contribution in [0.15, 0.2) is 22.6 Å². The molecule has 128 valence electrons. The van der Waals surface area contributed by atoms with E-state index in [1.807, 2.05) is 12.1 Å². The smallest absolute Gasteiger partial charge is 0.134 e. The van der Waals surface area contributed by atoms with Gasteiger partial charge in [0.05, 0.1) is 0 Å². The van der Waals surface area contributed by atoms with E-state index in [-0.39, 0.29) is 0 Å². The number of hydrogen-bond acceptors (Lipinski definition) is 3. The van der Waals surface area contributed by atoms with Gasteiger partial charge in [-0.25, -0.2) is 0 Å². The first-order chi connectivity index (χ1) is 11.7. The average molecular weight is 325 g/mol. The number of piperidine rings is 2. The molecule has 3 heteroatoms. The van der Waals surface area contributed by atoms with Crippen molar-refractivity contribution in [1.82, 2.24) is 4.90 Å². The first-order valence-corrected chi connectivity index (χ1v) is 9.65. The minimum Gasteiger partial charge on any atom is -0.508 e. The molecule has 0 amide bonds. The van der Waals surface area contributed by atoms with Crippen LogP contribution >= 0.6 is 0 Å². The van der Waals surface area contributed by atoms with Gasteiger partial charge < -0.3 is 9.52 Å². The molecule has 2 unspecified atom stereocenters. The van der Waals surface area contributed by atoms with Crippen molar-refractivity contribution < 1.29 is 9.52 Å². The van der Waals surface area contributed by atoms with Gasteiger partial charge in [0.25, 0.3) is 0 Å². The molecule has 4 aliphatic rings. The predicted octanol–water partition coefficient (Wildman–Crippen LogP) is 4.68. The maximum atomic E-state index is 9.97. The summed E-state index contributed by atoms with van der Waals surface area (Å²) in [5, 5.41) is 11.1. The van der Waals surface area contributed by atoms with Crippen LogP contribution in [0.3, 0.4) is 0 Å². The lowest BCUT2D eigenvalue weighted by molar-refractivity contribution is -0.0375. The highest BCUT2D eigenvalue weighted by molar-refractivity contribution is 5.84. The second-order valence-corrected chi connectivity index (χ2v) is 8.38. The summed E-state index contributed by atoms with van der Waals surface area (Å²) in [6.07, 6.45) is 6.23. The molecule has 6 rings (SSSR count). The van der Waals surface area contributed by atoms with Crippen LogP contribution < -0.4 is 0 Å². The van der Waals surface area contributed by atoms with Crippen LogP contribution in [0, 0.1) is 11.8 Å². The zero-order valence-electron chi connectivity index (χ0n) is 14.7. The van der Waals surface area contributed by atoms with E-state index in [2.05, 4.69) is 18.7 Å². The van der Waals surface area contributed by atoms with Crippen LogP contribution in [0.4, 0.5) is 0 Å². The fourth-order valence-electron chi connectivity index (χ4n) is 6.06. The monoisotopic (exact) mass is 325 g/mol. The third-order valence-corrected chi connectivity index (χ3v) is 6.81. The summed E-state index contributed by atoms with van der Waals surface area (Å²) in [7, 11) is 0. The van der Waals surface area contributed by atoms with E-state index < -0.39 is 0 Å². The molecule has 6 atom stereocenters. The van der Waals surface area contributed by atoms with Crippen LogP contribution in [0.2, 0.25) is 0 Å². The zero-order chi connectivity index (χ0) is 16.4. The Hall–Kier alpha value is -1.48. The van der Waals surface area contributed by atoms with Crippen molar-refractivity contribution in [2.45, 2.75) is 64.0 Å². The number of furan rings is 1. The summed E-state index contributed by atoms with van der Waals surface area (Å²) in [5.74, 6) is 3.70. The number of fused-ring (bicyclic) bond motifs is 4. The zero-order valence-corrected chi connectivity index (χ0v) is 14.7. The van der Waals surface area contributed by atoms with E-state index in [0.29, 0.717) is 23.8 Å². The molecule has 2 saturated heterocycles. The second-order valence-electron chi connectivity index (χ2n) is 8.38. The third-order valence-electron chi connectivity index (χ3n) is 6.81. The molecule has 1 aromatic carbocycles. The van der Waals surface area contributed by atoms with Crippen molar-refractivity contribution in [3.05, 3.63) is 29.5 Å². The van der Waals surface area contributed by atoms with E-state index in [1.54, 1.807) is 6.07 Å². The lowest BCUT2D eigenvalue weighted by atomic mass is 9.66. The largest absolute Gasteiger partial charge is 0.508 e. The van der Waals surface area contributed by atoms with Crippen LogP contribution in [0.1, 0.15) is 56.8 Å². The number of benzene rings is 1. The average Bonchev–Trinajstić information content (AvgIpc) is 2.87. The molecule has 4 heterocycles. The Morgan fingerprint density at radius 3 is 2.96 bits per heavy atom. The summed E-state index contributed by atoms with van der Waals surface area (Å²) >= 11 is 0. The molecule has 1 aromatic heterocycles. The summed E-state index contributed by atoms with van der Waals surface area (Å²) in [6, 6.07) is 6.86. The fraction of sp³-hybridized carbons (Fsp3) is 0.619. The summed E-state index contributed by atoms with van der Waals surface area (Å²) in [4.78, 5) is 2.83. The maximum absolute atomic E-state index is 9.97. The highest BCUT2D eigenvalue weighted by Crippen LogP contribution is 2.52. The van der Waals surface area contributed by atoms with Gasteiger partial charge in [0.1, 0.15) is 17.1 Å².